The first-order valence-electron chi connectivity index (χ1n) is 10.5. The molecule has 1 aromatic rings. The van der Waals surface area contributed by atoms with E-state index in [4.69, 9.17) is 21.1 Å². The lowest BCUT2D eigenvalue weighted by atomic mass is 10.1. The van der Waals surface area contributed by atoms with E-state index < -0.39 is 0 Å². The minimum absolute atomic E-state index is 0.0867. The van der Waals surface area contributed by atoms with E-state index in [0.717, 1.165) is 38.2 Å². The van der Waals surface area contributed by atoms with E-state index in [1.165, 1.54) is 0 Å². The second-order valence-electron chi connectivity index (χ2n) is 7.97. The molecule has 1 aromatic carbocycles. The van der Waals surface area contributed by atoms with Gasteiger partial charge in [0.25, 0.3) is 5.91 Å². The molecular weight excluding hydrogens is 390 g/mol. The quantitative estimate of drug-likeness (QED) is 0.468. The van der Waals surface area contributed by atoms with E-state index in [0.29, 0.717) is 29.7 Å². The molecule has 0 radical (unpaired) electrons. The standard InChI is InChI=1S/C22H38ClN3O3/c1-7-26(8-2)12-10-11-24-15-17-13-19(28-9-3)20(14-18(17)23)29-16-21(27)25-22(4,5)6/h13-14,24H,7-12,15-16H2,1-6H3,(H,25,27). The Kier molecular flexibility index (Phi) is 11.4. The summed E-state index contributed by atoms with van der Waals surface area (Å²) in [6.07, 6.45) is 1.09. The van der Waals surface area contributed by atoms with Gasteiger partial charge in [-0.25, -0.2) is 0 Å². The molecule has 0 atom stereocenters. The number of nitrogens with one attached hydrogen (secondary N) is 2. The number of rotatable bonds is 13. The Labute approximate surface area is 181 Å². The van der Waals surface area contributed by atoms with Gasteiger partial charge in [-0.2, -0.15) is 0 Å². The predicted octanol–water partition coefficient (Wildman–Crippen LogP) is 3.85. The Balaban J connectivity index is 2.66. The van der Waals surface area contributed by atoms with Gasteiger partial charge in [-0.05, 0) is 71.9 Å². The van der Waals surface area contributed by atoms with Crippen LogP contribution in [0.4, 0.5) is 0 Å². The number of halogens is 1. The van der Waals surface area contributed by atoms with Crippen LogP contribution in [0.5, 0.6) is 11.5 Å². The second kappa shape index (κ2) is 12.9. The summed E-state index contributed by atoms with van der Waals surface area (Å²) in [7, 11) is 0. The molecule has 0 aromatic heterocycles. The van der Waals surface area contributed by atoms with Crippen LogP contribution in [-0.2, 0) is 11.3 Å². The third-order valence-electron chi connectivity index (χ3n) is 4.32. The molecule has 1 amide bonds. The molecule has 0 aliphatic carbocycles. The van der Waals surface area contributed by atoms with Gasteiger partial charge in [0, 0.05) is 23.2 Å². The Morgan fingerprint density at radius 2 is 1.76 bits per heavy atom. The number of nitrogens with zero attached hydrogens (tertiary/aromatic N) is 1. The van der Waals surface area contributed by atoms with Crippen molar-refractivity contribution >= 4 is 17.5 Å². The number of hydrogen-bond donors (Lipinski definition) is 2. The average Bonchev–Trinajstić information content (AvgIpc) is 2.64. The minimum Gasteiger partial charge on any atom is -0.490 e. The molecule has 29 heavy (non-hydrogen) atoms. The summed E-state index contributed by atoms with van der Waals surface area (Å²) in [5.74, 6) is 0.890. The highest BCUT2D eigenvalue weighted by Crippen LogP contribution is 2.33. The van der Waals surface area contributed by atoms with Crippen molar-refractivity contribution in [3.05, 3.63) is 22.7 Å². The third kappa shape index (κ3) is 10.2. The summed E-state index contributed by atoms with van der Waals surface area (Å²) in [6, 6.07) is 3.62. The van der Waals surface area contributed by atoms with Gasteiger partial charge in [0.05, 0.1) is 6.61 Å². The number of carbonyl (C=O) groups is 1. The van der Waals surface area contributed by atoms with Crippen LogP contribution < -0.4 is 20.1 Å². The summed E-state index contributed by atoms with van der Waals surface area (Å²) in [5.41, 5.74) is 0.645. The van der Waals surface area contributed by atoms with Gasteiger partial charge in [0.1, 0.15) is 0 Å². The predicted molar refractivity (Wildman–Crippen MR) is 120 cm³/mol. The van der Waals surface area contributed by atoms with E-state index in [-0.39, 0.29) is 18.1 Å². The van der Waals surface area contributed by atoms with Crippen LogP contribution >= 0.6 is 11.6 Å². The van der Waals surface area contributed by atoms with Crippen LogP contribution in [0.2, 0.25) is 5.02 Å². The van der Waals surface area contributed by atoms with Crippen LogP contribution in [-0.4, -0.2) is 55.7 Å². The monoisotopic (exact) mass is 427 g/mol. The van der Waals surface area contributed by atoms with Crippen molar-refractivity contribution in [2.75, 3.05) is 39.4 Å². The fourth-order valence-corrected chi connectivity index (χ4v) is 3.10. The molecule has 0 heterocycles. The number of benzene rings is 1. The lowest BCUT2D eigenvalue weighted by Gasteiger charge is -2.21. The lowest BCUT2D eigenvalue weighted by molar-refractivity contribution is -0.124. The highest BCUT2D eigenvalue weighted by molar-refractivity contribution is 6.31. The minimum atomic E-state index is -0.304. The summed E-state index contributed by atoms with van der Waals surface area (Å²) in [5, 5.41) is 6.90. The lowest BCUT2D eigenvalue weighted by Crippen LogP contribution is -2.43. The van der Waals surface area contributed by atoms with Gasteiger partial charge in [-0.15, -0.1) is 0 Å². The van der Waals surface area contributed by atoms with E-state index in [9.17, 15) is 4.79 Å². The highest BCUT2D eigenvalue weighted by atomic mass is 35.5. The number of carbonyl (C=O) groups excluding carboxylic acids is 1. The van der Waals surface area contributed by atoms with Gasteiger partial charge in [0.2, 0.25) is 0 Å². The molecule has 7 heteroatoms. The zero-order chi connectivity index (χ0) is 21.9. The molecule has 166 valence electrons. The summed E-state index contributed by atoms with van der Waals surface area (Å²) >= 11 is 6.45. The van der Waals surface area contributed by atoms with E-state index in [1.54, 1.807) is 6.07 Å². The molecule has 0 aliphatic heterocycles. The van der Waals surface area contributed by atoms with Gasteiger partial charge < -0.3 is 25.0 Å². The maximum atomic E-state index is 12.0. The molecule has 0 bridgehead atoms. The Morgan fingerprint density at radius 3 is 2.34 bits per heavy atom. The van der Waals surface area contributed by atoms with Gasteiger partial charge >= 0.3 is 0 Å². The van der Waals surface area contributed by atoms with Crippen molar-refractivity contribution in [2.24, 2.45) is 0 Å². The van der Waals surface area contributed by atoms with Gasteiger partial charge in [0.15, 0.2) is 18.1 Å². The molecule has 0 spiro atoms. The maximum Gasteiger partial charge on any atom is 0.258 e. The molecule has 6 nitrogen and oxygen atoms in total. The molecule has 0 unspecified atom stereocenters. The first kappa shape index (κ1) is 25.5. The molecule has 0 aliphatic rings. The average molecular weight is 428 g/mol. The van der Waals surface area contributed by atoms with Crippen LogP contribution in [0.1, 0.15) is 53.5 Å². The fourth-order valence-electron chi connectivity index (χ4n) is 2.88. The van der Waals surface area contributed by atoms with Crippen LogP contribution in [0.3, 0.4) is 0 Å². The third-order valence-corrected chi connectivity index (χ3v) is 4.68. The molecular formula is C22H38ClN3O3. The van der Waals surface area contributed by atoms with Gasteiger partial charge in [-0.3, -0.25) is 4.79 Å². The molecule has 1 rings (SSSR count). The molecule has 0 saturated carbocycles. The maximum absolute atomic E-state index is 12.0. The van der Waals surface area contributed by atoms with Gasteiger partial charge in [-0.1, -0.05) is 25.4 Å². The van der Waals surface area contributed by atoms with E-state index >= 15 is 0 Å². The van der Waals surface area contributed by atoms with Crippen molar-refractivity contribution in [1.82, 2.24) is 15.5 Å². The summed E-state index contributed by atoms with van der Waals surface area (Å²) in [4.78, 5) is 14.4. The molecule has 2 N–H and O–H groups in total. The second-order valence-corrected chi connectivity index (χ2v) is 8.37. The number of hydrogen-bond acceptors (Lipinski definition) is 5. The van der Waals surface area contributed by atoms with Crippen LogP contribution in [0.15, 0.2) is 12.1 Å². The van der Waals surface area contributed by atoms with Crippen molar-refractivity contribution in [3.8, 4) is 11.5 Å². The summed E-state index contributed by atoms with van der Waals surface area (Å²) < 4.78 is 11.4. The SMILES string of the molecule is CCOc1cc(CNCCCN(CC)CC)c(Cl)cc1OCC(=O)NC(C)(C)C. The van der Waals surface area contributed by atoms with Crippen molar-refractivity contribution < 1.29 is 14.3 Å². The van der Waals surface area contributed by atoms with E-state index in [1.807, 2.05) is 33.8 Å². The zero-order valence-electron chi connectivity index (χ0n) is 18.9. The Hall–Kier alpha value is -1.50. The van der Waals surface area contributed by atoms with Crippen molar-refractivity contribution in [1.29, 1.82) is 0 Å². The number of amides is 1. The largest absolute Gasteiger partial charge is 0.490 e. The highest BCUT2D eigenvalue weighted by Gasteiger charge is 2.16. The Bertz CT molecular complexity index is 628. The summed E-state index contributed by atoms with van der Waals surface area (Å²) in [6.45, 7) is 17.3. The Morgan fingerprint density at radius 1 is 1.10 bits per heavy atom. The van der Waals surface area contributed by atoms with Crippen molar-refractivity contribution in [3.63, 3.8) is 0 Å². The smallest absolute Gasteiger partial charge is 0.258 e. The van der Waals surface area contributed by atoms with Crippen LogP contribution in [0, 0.1) is 0 Å². The first-order chi connectivity index (χ1) is 13.7. The molecule has 0 fully saturated rings. The molecule has 0 saturated heterocycles. The first-order valence-corrected chi connectivity index (χ1v) is 10.9. The zero-order valence-corrected chi connectivity index (χ0v) is 19.6. The topological polar surface area (TPSA) is 62.8 Å². The number of ether oxygens (including phenoxy) is 2. The normalized spacial score (nSPS) is 11.6. The van der Waals surface area contributed by atoms with Crippen molar-refractivity contribution in [2.45, 2.75) is 60.0 Å². The van der Waals surface area contributed by atoms with Crippen LogP contribution in [0.25, 0.3) is 0 Å². The van der Waals surface area contributed by atoms with E-state index in [2.05, 4.69) is 29.4 Å². The fraction of sp³-hybridized carbons (Fsp3) is 0.682.